The highest BCUT2D eigenvalue weighted by molar-refractivity contribution is 5.98. The van der Waals surface area contributed by atoms with Crippen LogP contribution in [0.1, 0.15) is 34.0 Å². The zero-order valence-electron chi connectivity index (χ0n) is 16.2. The molecule has 0 spiro atoms. The first-order valence-electron chi connectivity index (χ1n) is 9.77. The van der Waals surface area contributed by atoms with Crippen molar-refractivity contribution in [3.63, 3.8) is 0 Å². The van der Waals surface area contributed by atoms with Gasteiger partial charge >= 0.3 is 0 Å². The Hall–Kier alpha value is -2.41. The SMILES string of the molecule is Cl.O=C1CCc2cc(C(=O)N3CCN(CC(O)c4ccccc4)CC3)ccc2N1. The zero-order chi connectivity index (χ0) is 19.5. The molecule has 0 saturated carbocycles. The highest BCUT2D eigenvalue weighted by Gasteiger charge is 2.25. The van der Waals surface area contributed by atoms with E-state index in [-0.39, 0.29) is 24.2 Å². The molecular weight excluding hydrogens is 390 g/mol. The second-order valence-corrected chi connectivity index (χ2v) is 7.44. The number of hydrogen-bond donors (Lipinski definition) is 2. The number of anilines is 1. The monoisotopic (exact) mass is 415 g/mol. The molecule has 7 heteroatoms. The van der Waals surface area contributed by atoms with E-state index in [0.29, 0.717) is 38.0 Å². The van der Waals surface area contributed by atoms with Gasteiger partial charge < -0.3 is 15.3 Å². The molecule has 29 heavy (non-hydrogen) atoms. The maximum absolute atomic E-state index is 12.9. The molecule has 2 N–H and O–H groups in total. The van der Waals surface area contributed by atoms with E-state index >= 15 is 0 Å². The minimum absolute atomic E-state index is 0. The van der Waals surface area contributed by atoms with Gasteiger partial charge in [0.05, 0.1) is 6.10 Å². The first-order chi connectivity index (χ1) is 13.6. The lowest BCUT2D eigenvalue weighted by Gasteiger charge is -2.35. The quantitative estimate of drug-likeness (QED) is 0.804. The summed E-state index contributed by atoms with van der Waals surface area (Å²) in [5, 5.41) is 13.3. The molecule has 4 rings (SSSR count). The van der Waals surface area contributed by atoms with Crippen LogP contribution < -0.4 is 5.32 Å². The Labute approximate surface area is 176 Å². The van der Waals surface area contributed by atoms with Crippen LogP contribution in [0.25, 0.3) is 0 Å². The third-order valence-corrected chi connectivity index (χ3v) is 5.52. The summed E-state index contributed by atoms with van der Waals surface area (Å²) in [5.74, 6) is 0.0587. The molecule has 2 amide bonds. The van der Waals surface area contributed by atoms with Crippen molar-refractivity contribution in [1.29, 1.82) is 0 Å². The number of aliphatic hydroxyl groups excluding tert-OH is 1. The number of halogens is 1. The van der Waals surface area contributed by atoms with Crippen molar-refractivity contribution in [2.24, 2.45) is 0 Å². The number of aliphatic hydroxyl groups is 1. The number of amides is 2. The molecule has 154 valence electrons. The van der Waals surface area contributed by atoms with E-state index in [1.165, 1.54) is 0 Å². The molecule has 2 aromatic rings. The summed E-state index contributed by atoms with van der Waals surface area (Å²) in [5.41, 5.74) is 3.43. The average molecular weight is 416 g/mol. The number of β-amino-alcohol motifs (C(OH)–C–C–N with tert-alkyl or cyclic N) is 1. The van der Waals surface area contributed by atoms with Gasteiger partial charge in [0.2, 0.25) is 5.91 Å². The Morgan fingerprint density at radius 3 is 2.48 bits per heavy atom. The fraction of sp³-hybridized carbons (Fsp3) is 0.364. The first-order valence-corrected chi connectivity index (χ1v) is 9.77. The largest absolute Gasteiger partial charge is 0.387 e. The summed E-state index contributed by atoms with van der Waals surface area (Å²) in [6.45, 7) is 3.36. The zero-order valence-corrected chi connectivity index (χ0v) is 17.0. The molecule has 0 aliphatic carbocycles. The predicted octanol–water partition coefficient (Wildman–Crippen LogP) is 2.48. The van der Waals surface area contributed by atoms with Crippen LogP contribution in [0.4, 0.5) is 5.69 Å². The van der Waals surface area contributed by atoms with Gasteiger partial charge in [-0.1, -0.05) is 30.3 Å². The minimum Gasteiger partial charge on any atom is -0.387 e. The number of carbonyl (C=O) groups excluding carboxylic acids is 2. The van der Waals surface area contributed by atoms with Crippen molar-refractivity contribution < 1.29 is 14.7 Å². The number of benzene rings is 2. The lowest BCUT2D eigenvalue weighted by Crippen LogP contribution is -2.49. The molecule has 1 atom stereocenters. The van der Waals surface area contributed by atoms with E-state index in [1.807, 2.05) is 47.4 Å². The van der Waals surface area contributed by atoms with Gasteiger partial charge in [-0.3, -0.25) is 14.5 Å². The Morgan fingerprint density at radius 1 is 1.03 bits per heavy atom. The van der Waals surface area contributed by atoms with Crippen LogP contribution in [-0.2, 0) is 11.2 Å². The lowest BCUT2D eigenvalue weighted by molar-refractivity contribution is -0.116. The van der Waals surface area contributed by atoms with E-state index in [1.54, 1.807) is 6.07 Å². The van der Waals surface area contributed by atoms with Crippen molar-refractivity contribution in [2.45, 2.75) is 18.9 Å². The van der Waals surface area contributed by atoms with Crippen molar-refractivity contribution in [2.75, 3.05) is 38.0 Å². The van der Waals surface area contributed by atoms with Crippen LogP contribution in [0.3, 0.4) is 0 Å². The molecule has 0 radical (unpaired) electrons. The Balaban J connectivity index is 0.00000240. The van der Waals surface area contributed by atoms with Gasteiger partial charge in [-0.05, 0) is 35.7 Å². The van der Waals surface area contributed by atoms with Crippen LogP contribution in [0.5, 0.6) is 0 Å². The molecule has 2 aromatic carbocycles. The van der Waals surface area contributed by atoms with Gasteiger partial charge in [0.1, 0.15) is 0 Å². The van der Waals surface area contributed by atoms with E-state index in [0.717, 1.165) is 29.9 Å². The number of hydrogen-bond acceptors (Lipinski definition) is 4. The van der Waals surface area contributed by atoms with Gasteiger partial charge in [-0.25, -0.2) is 0 Å². The number of nitrogens with zero attached hydrogens (tertiary/aromatic N) is 2. The normalized spacial score (nSPS) is 17.7. The van der Waals surface area contributed by atoms with E-state index in [9.17, 15) is 14.7 Å². The standard InChI is InChI=1S/C22H25N3O3.ClH/c26-20(16-4-2-1-3-5-16)15-24-10-12-25(13-11-24)22(28)18-6-8-19-17(14-18)7-9-21(27)23-19;/h1-6,8,14,20,26H,7,9-13,15H2,(H,23,27);1H. The molecule has 0 bridgehead atoms. The van der Waals surface area contributed by atoms with Gasteiger partial charge in [0.15, 0.2) is 0 Å². The van der Waals surface area contributed by atoms with E-state index in [4.69, 9.17) is 0 Å². The second-order valence-electron chi connectivity index (χ2n) is 7.44. The second kappa shape index (κ2) is 9.39. The van der Waals surface area contributed by atoms with Crippen molar-refractivity contribution in [3.8, 4) is 0 Å². The van der Waals surface area contributed by atoms with Gasteiger partial charge in [0, 0.05) is 50.4 Å². The van der Waals surface area contributed by atoms with Crippen molar-refractivity contribution in [1.82, 2.24) is 9.80 Å². The number of aryl methyl sites for hydroxylation is 1. The van der Waals surface area contributed by atoms with Gasteiger partial charge in [-0.15, -0.1) is 12.4 Å². The summed E-state index contributed by atoms with van der Waals surface area (Å²) in [4.78, 5) is 28.4. The smallest absolute Gasteiger partial charge is 0.253 e. The third-order valence-electron chi connectivity index (χ3n) is 5.52. The molecule has 1 fully saturated rings. The van der Waals surface area contributed by atoms with Crippen LogP contribution in [0.15, 0.2) is 48.5 Å². The highest BCUT2D eigenvalue weighted by atomic mass is 35.5. The van der Waals surface area contributed by atoms with E-state index in [2.05, 4.69) is 10.2 Å². The van der Waals surface area contributed by atoms with Crippen LogP contribution >= 0.6 is 12.4 Å². The number of rotatable bonds is 4. The summed E-state index contributed by atoms with van der Waals surface area (Å²) < 4.78 is 0. The third kappa shape index (κ3) is 4.96. The number of nitrogens with one attached hydrogen (secondary N) is 1. The fourth-order valence-corrected chi connectivity index (χ4v) is 3.86. The maximum atomic E-state index is 12.9. The molecule has 0 aromatic heterocycles. The molecule has 1 saturated heterocycles. The first kappa shape index (κ1) is 21.3. The predicted molar refractivity (Wildman–Crippen MR) is 114 cm³/mol. The van der Waals surface area contributed by atoms with Crippen LogP contribution in [0, 0.1) is 0 Å². The van der Waals surface area contributed by atoms with Gasteiger partial charge in [-0.2, -0.15) is 0 Å². The van der Waals surface area contributed by atoms with E-state index < -0.39 is 6.10 Å². The molecular formula is C22H26ClN3O3. The highest BCUT2D eigenvalue weighted by Crippen LogP contribution is 2.24. The topological polar surface area (TPSA) is 72.9 Å². The molecule has 1 unspecified atom stereocenters. The molecule has 2 heterocycles. The van der Waals surface area contributed by atoms with Crippen LogP contribution in [-0.4, -0.2) is 59.4 Å². The molecule has 6 nitrogen and oxygen atoms in total. The number of fused-ring (bicyclic) bond motifs is 1. The Morgan fingerprint density at radius 2 is 1.76 bits per heavy atom. The van der Waals surface area contributed by atoms with Gasteiger partial charge in [0.25, 0.3) is 5.91 Å². The van der Waals surface area contributed by atoms with Crippen molar-refractivity contribution >= 4 is 29.9 Å². The Kier molecular flexibility index (Phi) is 6.90. The fourth-order valence-electron chi connectivity index (χ4n) is 3.86. The number of piperazine rings is 1. The molecule has 2 aliphatic rings. The minimum atomic E-state index is -0.515. The summed E-state index contributed by atoms with van der Waals surface area (Å²) in [6.07, 6.45) is 0.625. The summed E-state index contributed by atoms with van der Waals surface area (Å²) >= 11 is 0. The van der Waals surface area contributed by atoms with Crippen LogP contribution in [0.2, 0.25) is 0 Å². The maximum Gasteiger partial charge on any atom is 0.253 e. The summed E-state index contributed by atoms with van der Waals surface area (Å²) in [6, 6.07) is 15.2. The number of carbonyl (C=O) groups is 2. The average Bonchev–Trinajstić information content (AvgIpc) is 2.74. The Bertz CT molecular complexity index is 867. The lowest BCUT2D eigenvalue weighted by atomic mass is 10.00. The summed E-state index contributed by atoms with van der Waals surface area (Å²) in [7, 11) is 0. The molecule has 2 aliphatic heterocycles. The van der Waals surface area contributed by atoms with Crippen molar-refractivity contribution in [3.05, 3.63) is 65.2 Å².